The van der Waals surface area contributed by atoms with Gasteiger partial charge in [0.15, 0.2) is 5.60 Å². The Morgan fingerprint density at radius 2 is 1.75 bits per heavy atom. The normalized spacial score (nSPS) is 13.3. The van der Waals surface area contributed by atoms with Gasteiger partial charge in [0.2, 0.25) is 0 Å². The molecule has 0 fully saturated rings. The van der Waals surface area contributed by atoms with Gasteiger partial charge in [-0.2, -0.15) is 0 Å². The summed E-state index contributed by atoms with van der Waals surface area (Å²) in [7, 11) is -1.00. The third-order valence-electron chi connectivity index (χ3n) is 1.42. The quantitative estimate of drug-likeness (QED) is 0.331. The van der Waals surface area contributed by atoms with Gasteiger partial charge in [-0.15, -0.1) is 0 Å². The molecule has 0 aliphatic heterocycles. The second kappa shape index (κ2) is 7.70. The molecule has 1 atom stereocenters. The summed E-state index contributed by atoms with van der Waals surface area (Å²) in [6, 6.07) is 0. The number of carboxylic acid groups (broad SMARTS) is 2. The Hall–Kier alpha value is -0.530. The van der Waals surface area contributed by atoms with Gasteiger partial charge in [0.05, 0.1) is 12.8 Å². The molecule has 0 aromatic rings. The molecule has 0 aromatic carbocycles. The van der Waals surface area contributed by atoms with Crippen LogP contribution >= 0.6 is 8.69 Å². The number of rotatable bonds is 6. The minimum atomic E-state index is -2.76. The van der Waals surface area contributed by atoms with Gasteiger partial charge < -0.3 is 21.3 Å². The van der Waals surface area contributed by atoms with E-state index in [1.807, 2.05) is 0 Å². The fourth-order valence-corrected chi connectivity index (χ4v) is 0.924. The van der Waals surface area contributed by atoms with Crippen LogP contribution in [0.15, 0.2) is 0 Å². The van der Waals surface area contributed by atoms with E-state index in [0.29, 0.717) is 0 Å². The first-order valence-electron chi connectivity index (χ1n) is 3.52. The molecule has 0 heterocycles. The predicted molar refractivity (Wildman–Crippen MR) is 44.3 cm³/mol. The smallest absolute Gasteiger partial charge is 1.00 e. The zero-order valence-corrected chi connectivity index (χ0v) is 11.1. The minimum Gasteiger partial charge on any atom is -1.00 e. The number of aliphatic carboxylic acids is 2. The fraction of sp³-hybridized carbons (Fsp3) is 0.500. The van der Waals surface area contributed by atoms with Crippen LogP contribution < -0.4 is 29.6 Å². The Labute approximate surface area is 115 Å². The van der Waals surface area contributed by atoms with Gasteiger partial charge in [-0.05, 0) is 0 Å². The molecule has 0 saturated heterocycles. The summed E-state index contributed by atoms with van der Waals surface area (Å²) in [6.07, 6.45) is -2.25. The molecule has 3 N–H and O–H groups in total. The zero-order chi connectivity index (χ0) is 12.1. The molecular formula is C6H8NaO8P. The first kappa shape index (κ1) is 17.9. The zero-order valence-electron chi connectivity index (χ0n) is 9.24. The van der Waals surface area contributed by atoms with Crippen molar-refractivity contribution < 1.29 is 69.8 Å². The van der Waals surface area contributed by atoms with Crippen LogP contribution in [0, 0.1) is 0 Å². The number of carbonyl (C=O) groups excluding carboxylic acids is 1. The molecule has 0 spiro atoms. The standard InChI is InChI=1S/C6H7O8P.Na.H/c7-3(8)1-6(12,5(10)11)2-4(9)14-15-13;;/h12H,1-2H2,(H,7,8)(H,10,11);;/q;+1;-1. The molecule has 0 saturated carbocycles. The minimum absolute atomic E-state index is 0. The van der Waals surface area contributed by atoms with Crippen LogP contribution in [0.2, 0.25) is 0 Å². The van der Waals surface area contributed by atoms with Crippen LogP contribution in [-0.4, -0.2) is 38.8 Å². The molecule has 0 aliphatic rings. The van der Waals surface area contributed by atoms with Crippen LogP contribution in [0.1, 0.15) is 14.3 Å². The first-order chi connectivity index (χ1) is 6.81. The van der Waals surface area contributed by atoms with E-state index in [2.05, 4.69) is 4.52 Å². The van der Waals surface area contributed by atoms with Crippen molar-refractivity contribution in [2.75, 3.05) is 0 Å². The molecular weight excluding hydrogens is 254 g/mol. The molecule has 0 bridgehead atoms. The molecule has 86 valence electrons. The van der Waals surface area contributed by atoms with E-state index in [1.54, 1.807) is 0 Å². The van der Waals surface area contributed by atoms with Gasteiger partial charge in [0, 0.05) is 0 Å². The van der Waals surface area contributed by atoms with Crippen molar-refractivity contribution in [3.05, 3.63) is 0 Å². The molecule has 10 heteroatoms. The predicted octanol–water partition coefficient (Wildman–Crippen LogP) is -3.47. The second-order valence-electron chi connectivity index (χ2n) is 2.62. The van der Waals surface area contributed by atoms with E-state index in [4.69, 9.17) is 10.2 Å². The van der Waals surface area contributed by atoms with E-state index >= 15 is 0 Å². The largest absolute Gasteiger partial charge is 1.00 e. The summed E-state index contributed by atoms with van der Waals surface area (Å²) in [4.78, 5) is 31.4. The van der Waals surface area contributed by atoms with Crippen LogP contribution in [-0.2, 0) is 23.5 Å². The second-order valence-corrected chi connectivity index (χ2v) is 2.95. The summed E-state index contributed by atoms with van der Waals surface area (Å²) in [5, 5.41) is 26.1. The van der Waals surface area contributed by atoms with E-state index in [-0.39, 0.29) is 31.0 Å². The van der Waals surface area contributed by atoms with Gasteiger partial charge in [-0.1, -0.05) is 0 Å². The topological polar surface area (TPSA) is 138 Å². The first-order valence-corrected chi connectivity index (χ1v) is 4.25. The summed E-state index contributed by atoms with van der Waals surface area (Å²) in [6.45, 7) is 0. The molecule has 0 radical (unpaired) electrons. The van der Waals surface area contributed by atoms with Crippen molar-refractivity contribution in [1.82, 2.24) is 0 Å². The number of carboxylic acids is 2. The molecule has 0 amide bonds. The van der Waals surface area contributed by atoms with Crippen molar-refractivity contribution in [1.29, 1.82) is 0 Å². The maximum Gasteiger partial charge on any atom is 1.00 e. The van der Waals surface area contributed by atoms with Gasteiger partial charge in [-0.25, -0.2) is 9.36 Å². The van der Waals surface area contributed by atoms with Gasteiger partial charge >= 0.3 is 56.2 Å². The number of carbonyl (C=O) groups is 3. The van der Waals surface area contributed by atoms with Crippen molar-refractivity contribution in [2.24, 2.45) is 0 Å². The van der Waals surface area contributed by atoms with E-state index < -0.39 is 45.0 Å². The van der Waals surface area contributed by atoms with Crippen LogP contribution in [0.5, 0.6) is 0 Å². The third-order valence-corrected chi connectivity index (χ3v) is 1.70. The fourth-order valence-electron chi connectivity index (χ4n) is 0.777. The summed E-state index contributed by atoms with van der Waals surface area (Å²) in [5.74, 6) is -4.74. The van der Waals surface area contributed by atoms with Crippen molar-refractivity contribution in [3.63, 3.8) is 0 Å². The monoisotopic (exact) mass is 262 g/mol. The summed E-state index contributed by atoms with van der Waals surface area (Å²) >= 11 is 0. The van der Waals surface area contributed by atoms with Gasteiger partial charge in [-0.3, -0.25) is 9.59 Å². The average molecular weight is 262 g/mol. The molecule has 16 heavy (non-hydrogen) atoms. The van der Waals surface area contributed by atoms with Crippen LogP contribution in [0.3, 0.4) is 0 Å². The number of aliphatic hydroxyl groups is 1. The van der Waals surface area contributed by atoms with E-state index in [1.165, 1.54) is 0 Å². The molecule has 8 nitrogen and oxygen atoms in total. The third kappa shape index (κ3) is 6.14. The Bertz CT molecular complexity index is 310. The maximum atomic E-state index is 10.7. The Balaban J connectivity index is -0.000000980. The Morgan fingerprint density at radius 3 is 2.06 bits per heavy atom. The van der Waals surface area contributed by atoms with E-state index in [0.717, 1.165) is 0 Å². The SMILES string of the molecule is O=POC(=O)CC(O)(CC(=O)O)C(=O)O.[H-].[Na+]. The Kier molecular flexibility index (Phi) is 8.59. The molecule has 0 aromatic heterocycles. The van der Waals surface area contributed by atoms with Gasteiger partial charge in [0.25, 0.3) is 0 Å². The van der Waals surface area contributed by atoms with Crippen molar-refractivity contribution >= 4 is 26.6 Å². The number of hydrogen-bond acceptors (Lipinski definition) is 6. The maximum absolute atomic E-state index is 10.7. The van der Waals surface area contributed by atoms with Crippen molar-refractivity contribution in [3.8, 4) is 0 Å². The van der Waals surface area contributed by atoms with Crippen LogP contribution in [0.25, 0.3) is 0 Å². The summed E-state index contributed by atoms with van der Waals surface area (Å²) < 4.78 is 13.6. The molecule has 1 unspecified atom stereocenters. The van der Waals surface area contributed by atoms with Crippen LogP contribution in [0.4, 0.5) is 0 Å². The molecule has 0 rings (SSSR count). The Morgan fingerprint density at radius 1 is 1.25 bits per heavy atom. The molecule has 0 aliphatic carbocycles. The summed E-state index contributed by atoms with van der Waals surface area (Å²) in [5.41, 5.74) is -2.76. The van der Waals surface area contributed by atoms with Gasteiger partial charge in [0.1, 0.15) is 0 Å². The average Bonchev–Trinajstić information content (AvgIpc) is 2.01. The van der Waals surface area contributed by atoms with E-state index in [9.17, 15) is 24.1 Å². The number of hydrogen-bond donors (Lipinski definition) is 3. The van der Waals surface area contributed by atoms with Crippen molar-refractivity contribution in [2.45, 2.75) is 18.4 Å².